The van der Waals surface area contributed by atoms with Gasteiger partial charge in [-0.3, -0.25) is 4.79 Å². The lowest BCUT2D eigenvalue weighted by Gasteiger charge is -2.12. The third kappa shape index (κ3) is 4.36. The van der Waals surface area contributed by atoms with Gasteiger partial charge in [-0.15, -0.1) is 0 Å². The highest BCUT2D eigenvalue weighted by Gasteiger charge is 2.10. The molecule has 6 heteroatoms. The summed E-state index contributed by atoms with van der Waals surface area (Å²) in [7, 11) is 3.21. The molecule has 2 aromatic carbocycles. The van der Waals surface area contributed by atoms with Crippen molar-refractivity contribution in [2.45, 2.75) is 6.92 Å². The minimum Gasteiger partial charge on any atom is -0.497 e. The van der Waals surface area contributed by atoms with E-state index < -0.39 is 0 Å². The highest BCUT2D eigenvalue weighted by Crippen LogP contribution is 2.31. The maximum atomic E-state index is 12.4. The summed E-state index contributed by atoms with van der Waals surface area (Å²) in [6.07, 6.45) is 1.60. The number of hydrogen-bond donors (Lipinski definition) is 2. The van der Waals surface area contributed by atoms with Crippen LogP contribution in [0.15, 0.2) is 60.8 Å². The molecular weight excluding hydrogens is 342 g/mol. The van der Waals surface area contributed by atoms with Gasteiger partial charge in [0.1, 0.15) is 17.3 Å². The molecule has 0 fully saturated rings. The Hall–Kier alpha value is -3.54. The van der Waals surface area contributed by atoms with Gasteiger partial charge in [-0.05, 0) is 42.8 Å². The summed E-state index contributed by atoms with van der Waals surface area (Å²) in [6, 6.07) is 16.5. The summed E-state index contributed by atoms with van der Waals surface area (Å²) in [5.74, 6) is 1.84. The molecule has 138 valence electrons. The molecule has 0 radical (unpaired) electrons. The average molecular weight is 363 g/mol. The van der Waals surface area contributed by atoms with Crippen molar-refractivity contribution in [3.63, 3.8) is 0 Å². The van der Waals surface area contributed by atoms with Gasteiger partial charge >= 0.3 is 0 Å². The van der Waals surface area contributed by atoms with Crippen molar-refractivity contribution in [3.05, 3.63) is 71.9 Å². The van der Waals surface area contributed by atoms with Gasteiger partial charge in [0.15, 0.2) is 0 Å². The lowest BCUT2D eigenvalue weighted by molar-refractivity contribution is 0.102. The molecule has 6 nitrogen and oxygen atoms in total. The summed E-state index contributed by atoms with van der Waals surface area (Å²) in [4.78, 5) is 16.7. The van der Waals surface area contributed by atoms with Crippen LogP contribution in [0.1, 0.15) is 15.9 Å². The van der Waals surface area contributed by atoms with Crippen molar-refractivity contribution in [3.8, 4) is 11.5 Å². The van der Waals surface area contributed by atoms with E-state index in [0.717, 1.165) is 11.3 Å². The van der Waals surface area contributed by atoms with E-state index in [1.165, 1.54) is 0 Å². The Morgan fingerprint density at radius 1 is 1.00 bits per heavy atom. The molecule has 0 aliphatic heterocycles. The van der Waals surface area contributed by atoms with E-state index in [1.807, 2.05) is 43.3 Å². The van der Waals surface area contributed by atoms with Crippen LogP contribution in [0.3, 0.4) is 0 Å². The number of carbonyl (C=O) groups is 1. The number of carbonyl (C=O) groups excluding carboxylic acids is 1. The van der Waals surface area contributed by atoms with E-state index in [2.05, 4.69) is 15.6 Å². The quantitative estimate of drug-likeness (QED) is 0.679. The molecule has 2 N–H and O–H groups in total. The normalized spacial score (nSPS) is 10.2. The summed E-state index contributed by atoms with van der Waals surface area (Å²) in [6.45, 7) is 1.90. The Morgan fingerprint density at radius 2 is 1.81 bits per heavy atom. The molecule has 0 atom stereocenters. The topological polar surface area (TPSA) is 72.5 Å². The molecule has 0 aliphatic carbocycles. The first-order valence-corrected chi connectivity index (χ1v) is 8.43. The standard InChI is InChI=1S/C21H21N3O3/c1-14-6-4-5-7-17(14)21(25)23-15-8-11-20(22-13-15)24-18-12-16(26-2)9-10-19(18)27-3/h4-13H,1-3H3,(H,22,24)(H,23,25). The number of benzene rings is 2. The van der Waals surface area contributed by atoms with Crippen LogP contribution < -0.4 is 20.1 Å². The Balaban J connectivity index is 1.73. The molecule has 0 saturated carbocycles. The number of rotatable bonds is 6. The zero-order valence-corrected chi connectivity index (χ0v) is 15.4. The molecule has 0 unspecified atom stereocenters. The third-order valence-corrected chi connectivity index (χ3v) is 4.08. The van der Waals surface area contributed by atoms with Crippen molar-refractivity contribution >= 4 is 23.1 Å². The molecule has 1 aromatic heterocycles. The molecule has 1 amide bonds. The van der Waals surface area contributed by atoms with E-state index in [1.54, 1.807) is 38.6 Å². The maximum Gasteiger partial charge on any atom is 0.255 e. The highest BCUT2D eigenvalue weighted by molar-refractivity contribution is 6.05. The van der Waals surface area contributed by atoms with E-state index >= 15 is 0 Å². The van der Waals surface area contributed by atoms with E-state index in [0.29, 0.717) is 28.6 Å². The molecule has 0 saturated heterocycles. The zero-order chi connectivity index (χ0) is 19.2. The Morgan fingerprint density at radius 3 is 2.48 bits per heavy atom. The SMILES string of the molecule is COc1ccc(OC)c(Nc2ccc(NC(=O)c3ccccc3C)cn2)c1. The Bertz CT molecular complexity index is 940. The van der Waals surface area contributed by atoms with Crippen molar-refractivity contribution in [2.75, 3.05) is 24.9 Å². The molecule has 0 bridgehead atoms. The van der Waals surface area contributed by atoms with Gasteiger partial charge < -0.3 is 20.1 Å². The molecule has 0 aliphatic rings. The van der Waals surface area contributed by atoms with Gasteiger partial charge in [-0.1, -0.05) is 18.2 Å². The van der Waals surface area contributed by atoms with E-state index in [9.17, 15) is 4.79 Å². The Kier molecular flexibility index (Phi) is 5.56. The first-order chi connectivity index (χ1) is 13.1. The van der Waals surface area contributed by atoms with Gasteiger partial charge in [0.2, 0.25) is 0 Å². The summed E-state index contributed by atoms with van der Waals surface area (Å²) < 4.78 is 10.6. The van der Waals surface area contributed by atoms with E-state index in [-0.39, 0.29) is 5.91 Å². The van der Waals surface area contributed by atoms with Gasteiger partial charge in [-0.2, -0.15) is 0 Å². The average Bonchev–Trinajstić information content (AvgIpc) is 2.69. The van der Waals surface area contributed by atoms with Crippen molar-refractivity contribution < 1.29 is 14.3 Å². The summed E-state index contributed by atoms with van der Waals surface area (Å²) in [5.41, 5.74) is 2.92. The minimum absolute atomic E-state index is 0.162. The minimum atomic E-state index is -0.162. The predicted molar refractivity (Wildman–Crippen MR) is 106 cm³/mol. The molecule has 3 aromatic rings. The van der Waals surface area contributed by atoms with Gasteiger partial charge in [0.25, 0.3) is 5.91 Å². The van der Waals surface area contributed by atoms with Gasteiger partial charge in [-0.25, -0.2) is 4.98 Å². The van der Waals surface area contributed by atoms with Crippen LogP contribution in [0, 0.1) is 6.92 Å². The van der Waals surface area contributed by atoms with Crippen molar-refractivity contribution in [1.82, 2.24) is 4.98 Å². The van der Waals surface area contributed by atoms with Crippen LogP contribution in [-0.4, -0.2) is 25.1 Å². The second-order valence-electron chi connectivity index (χ2n) is 5.89. The van der Waals surface area contributed by atoms with Crippen LogP contribution in [0.4, 0.5) is 17.2 Å². The van der Waals surface area contributed by atoms with Crippen molar-refractivity contribution in [1.29, 1.82) is 0 Å². The number of nitrogens with one attached hydrogen (secondary N) is 2. The third-order valence-electron chi connectivity index (χ3n) is 4.08. The second-order valence-corrected chi connectivity index (χ2v) is 5.89. The first-order valence-electron chi connectivity index (χ1n) is 8.43. The fourth-order valence-corrected chi connectivity index (χ4v) is 2.62. The second kappa shape index (κ2) is 8.23. The summed E-state index contributed by atoms with van der Waals surface area (Å²) in [5, 5.41) is 6.05. The summed E-state index contributed by atoms with van der Waals surface area (Å²) >= 11 is 0. The number of anilines is 3. The van der Waals surface area contributed by atoms with E-state index in [4.69, 9.17) is 9.47 Å². The predicted octanol–water partition coefficient (Wildman–Crippen LogP) is 4.40. The largest absolute Gasteiger partial charge is 0.497 e. The van der Waals surface area contributed by atoms with Crippen LogP contribution >= 0.6 is 0 Å². The molecule has 0 spiro atoms. The smallest absolute Gasteiger partial charge is 0.255 e. The fraction of sp³-hybridized carbons (Fsp3) is 0.143. The van der Waals surface area contributed by atoms with Gasteiger partial charge in [0.05, 0.1) is 31.8 Å². The first kappa shape index (κ1) is 18.3. The molecule has 27 heavy (non-hydrogen) atoms. The number of aryl methyl sites for hydroxylation is 1. The van der Waals surface area contributed by atoms with Crippen LogP contribution in [0.2, 0.25) is 0 Å². The maximum absolute atomic E-state index is 12.4. The Labute approximate surface area is 158 Å². The lowest BCUT2D eigenvalue weighted by Crippen LogP contribution is -2.13. The lowest BCUT2D eigenvalue weighted by atomic mass is 10.1. The molecule has 3 rings (SSSR count). The number of hydrogen-bond acceptors (Lipinski definition) is 5. The monoisotopic (exact) mass is 363 g/mol. The van der Waals surface area contributed by atoms with Crippen molar-refractivity contribution in [2.24, 2.45) is 0 Å². The zero-order valence-electron chi connectivity index (χ0n) is 15.4. The number of amides is 1. The van der Waals surface area contributed by atoms with Crippen LogP contribution in [0.5, 0.6) is 11.5 Å². The number of aromatic nitrogens is 1. The number of methoxy groups -OCH3 is 2. The molecular formula is C21H21N3O3. The van der Waals surface area contributed by atoms with Crippen LogP contribution in [0.25, 0.3) is 0 Å². The number of nitrogens with zero attached hydrogens (tertiary/aromatic N) is 1. The molecule has 1 heterocycles. The highest BCUT2D eigenvalue weighted by atomic mass is 16.5. The van der Waals surface area contributed by atoms with Crippen LogP contribution in [-0.2, 0) is 0 Å². The van der Waals surface area contributed by atoms with Gasteiger partial charge in [0, 0.05) is 11.6 Å². The fourth-order valence-electron chi connectivity index (χ4n) is 2.62. The number of ether oxygens (including phenoxy) is 2. The number of pyridine rings is 1.